The average Bonchev–Trinajstić information content (AvgIpc) is 3.21. The number of aliphatic hydroxyl groups is 2. The highest BCUT2D eigenvalue weighted by molar-refractivity contribution is 6.32. The van der Waals surface area contributed by atoms with Gasteiger partial charge in [-0.25, -0.2) is 4.68 Å². The first-order chi connectivity index (χ1) is 15.7. The van der Waals surface area contributed by atoms with Gasteiger partial charge in [0.15, 0.2) is 0 Å². The molecule has 0 fully saturated rings. The lowest BCUT2D eigenvalue weighted by Gasteiger charge is -2.27. The molecule has 2 N–H and O–H groups in total. The highest BCUT2D eigenvalue weighted by Crippen LogP contribution is 2.36. The third kappa shape index (κ3) is 6.84. The van der Waals surface area contributed by atoms with E-state index in [1.807, 2.05) is 43.3 Å². The van der Waals surface area contributed by atoms with Gasteiger partial charge in [0.05, 0.1) is 23.1 Å². The van der Waals surface area contributed by atoms with Crippen molar-refractivity contribution in [2.24, 2.45) is 0 Å². The van der Waals surface area contributed by atoms with Gasteiger partial charge in [0, 0.05) is 11.6 Å². The van der Waals surface area contributed by atoms with Crippen LogP contribution >= 0.6 is 23.2 Å². The van der Waals surface area contributed by atoms with Gasteiger partial charge in [0.25, 0.3) is 0 Å². The van der Waals surface area contributed by atoms with E-state index in [9.17, 15) is 10.2 Å². The van der Waals surface area contributed by atoms with Crippen LogP contribution in [0.25, 0.3) is 0 Å². The van der Waals surface area contributed by atoms with Crippen molar-refractivity contribution >= 4 is 23.2 Å². The molecule has 0 unspecified atom stereocenters. The molecule has 0 radical (unpaired) electrons. The Balaban J connectivity index is 1.61. The van der Waals surface area contributed by atoms with Crippen LogP contribution in [0, 0.1) is 6.92 Å². The molecule has 7 nitrogen and oxygen atoms in total. The number of aliphatic hydroxyl groups excluding tert-OH is 2. The third-order valence-corrected chi connectivity index (χ3v) is 5.98. The van der Waals surface area contributed by atoms with Crippen LogP contribution in [0.5, 0.6) is 11.5 Å². The Hall–Kier alpha value is -2.32. The maximum atomic E-state index is 10.2. The van der Waals surface area contributed by atoms with Crippen LogP contribution in [0.1, 0.15) is 30.7 Å². The van der Waals surface area contributed by atoms with E-state index in [4.69, 9.17) is 32.7 Å². The van der Waals surface area contributed by atoms with E-state index >= 15 is 0 Å². The molecular formula is C24H29Cl2N3O4. The first-order valence-electron chi connectivity index (χ1n) is 10.6. The summed E-state index contributed by atoms with van der Waals surface area (Å²) >= 11 is 12.0. The minimum atomic E-state index is -0.743. The minimum Gasteiger partial charge on any atom is -0.491 e. The predicted octanol–water partition coefficient (Wildman–Crippen LogP) is 3.98. The quantitative estimate of drug-likeness (QED) is 0.392. The van der Waals surface area contributed by atoms with Gasteiger partial charge in [0.1, 0.15) is 36.9 Å². The number of alkyl halides is 1. The predicted molar refractivity (Wildman–Crippen MR) is 129 cm³/mol. The Bertz CT molecular complexity index is 1040. The van der Waals surface area contributed by atoms with Crippen LogP contribution < -0.4 is 9.47 Å². The van der Waals surface area contributed by atoms with Gasteiger partial charge in [-0.1, -0.05) is 48.9 Å². The first kappa shape index (κ1) is 25.3. The molecule has 0 aliphatic rings. The van der Waals surface area contributed by atoms with E-state index < -0.39 is 12.2 Å². The standard InChI is InChI=1S/C24H29Cl2N3O4/c1-16-12-29(28-27-16)13-20(31)15-32-21-7-4-17(5-8-21)24(2,3)18-6-9-23(22(26)10-18)33-14-19(30)11-25/h4-10,12,19-20,30-31H,11,13-15H2,1-3H3/t19-,20+/m0/s1. The van der Waals surface area contributed by atoms with Gasteiger partial charge < -0.3 is 19.7 Å². The first-order valence-corrected chi connectivity index (χ1v) is 11.5. The number of aromatic nitrogens is 3. The number of hydrogen-bond acceptors (Lipinski definition) is 6. The molecule has 33 heavy (non-hydrogen) atoms. The molecule has 0 saturated heterocycles. The summed E-state index contributed by atoms with van der Waals surface area (Å²) < 4.78 is 12.9. The van der Waals surface area contributed by atoms with Crippen molar-refractivity contribution in [3.63, 3.8) is 0 Å². The summed E-state index contributed by atoms with van der Waals surface area (Å²) in [6, 6.07) is 13.4. The number of rotatable bonds is 11. The third-order valence-electron chi connectivity index (χ3n) is 5.33. The number of aryl methyl sites for hydroxylation is 1. The molecule has 1 heterocycles. The second-order valence-electron chi connectivity index (χ2n) is 8.46. The van der Waals surface area contributed by atoms with E-state index in [0.717, 1.165) is 16.8 Å². The molecule has 0 saturated carbocycles. The zero-order valence-corrected chi connectivity index (χ0v) is 20.4. The summed E-state index contributed by atoms with van der Waals surface area (Å²) in [6.45, 7) is 6.61. The van der Waals surface area contributed by atoms with Crippen molar-refractivity contribution < 1.29 is 19.7 Å². The average molecular weight is 494 g/mol. The molecular weight excluding hydrogens is 465 g/mol. The monoisotopic (exact) mass is 493 g/mol. The van der Waals surface area contributed by atoms with E-state index in [0.29, 0.717) is 23.1 Å². The van der Waals surface area contributed by atoms with Crippen LogP contribution in [0.15, 0.2) is 48.7 Å². The second-order valence-corrected chi connectivity index (χ2v) is 9.18. The molecule has 0 aliphatic carbocycles. The van der Waals surface area contributed by atoms with Crippen molar-refractivity contribution in [1.82, 2.24) is 15.0 Å². The molecule has 2 atom stereocenters. The molecule has 0 bridgehead atoms. The minimum absolute atomic E-state index is 0.0839. The SMILES string of the molecule is Cc1cn(C[C@@H](O)COc2ccc(C(C)(C)c3ccc(OC[C@@H](O)CCl)c(Cl)c3)cc2)nn1. The van der Waals surface area contributed by atoms with Crippen molar-refractivity contribution in [3.8, 4) is 11.5 Å². The zero-order valence-electron chi connectivity index (χ0n) is 18.9. The molecule has 0 aliphatic heterocycles. The summed E-state index contributed by atoms with van der Waals surface area (Å²) in [5, 5.41) is 28.1. The Morgan fingerprint density at radius 2 is 1.67 bits per heavy atom. The summed E-state index contributed by atoms with van der Waals surface area (Å²) in [5.74, 6) is 1.27. The van der Waals surface area contributed by atoms with Gasteiger partial charge >= 0.3 is 0 Å². The molecule has 2 aromatic carbocycles. The maximum absolute atomic E-state index is 10.2. The highest BCUT2D eigenvalue weighted by atomic mass is 35.5. The van der Waals surface area contributed by atoms with Gasteiger partial charge in [-0.2, -0.15) is 0 Å². The fraction of sp³-hybridized carbons (Fsp3) is 0.417. The molecule has 0 amide bonds. The van der Waals surface area contributed by atoms with E-state index in [1.54, 1.807) is 16.9 Å². The number of ether oxygens (including phenoxy) is 2. The van der Waals surface area contributed by atoms with Crippen LogP contribution in [-0.2, 0) is 12.0 Å². The summed E-state index contributed by atoms with van der Waals surface area (Å²) in [7, 11) is 0. The summed E-state index contributed by atoms with van der Waals surface area (Å²) in [4.78, 5) is 0. The second kappa shape index (κ2) is 11.2. The van der Waals surface area contributed by atoms with Crippen LogP contribution in [-0.4, -0.2) is 56.5 Å². The van der Waals surface area contributed by atoms with Gasteiger partial charge in [0.2, 0.25) is 0 Å². The van der Waals surface area contributed by atoms with Gasteiger partial charge in [-0.3, -0.25) is 0 Å². The van der Waals surface area contributed by atoms with E-state index in [1.165, 1.54) is 0 Å². The molecule has 3 rings (SSSR count). The zero-order chi connectivity index (χ0) is 24.0. The fourth-order valence-electron chi connectivity index (χ4n) is 3.32. The van der Waals surface area contributed by atoms with E-state index in [-0.39, 0.29) is 24.5 Å². The lowest BCUT2D eigenvalue weighted by atomic mass is 9.78. The number of halogens is 2. The number of benzene rings is 2. The maximum Gasteiger partial charge on any atom is 0.138 e. The Morgan fingerprint density at radius 1 is 1.00 bits per heavy atom. The van der Waals surface area contributed by atoms with Crippen molar-refractivity contribution in [3.05, 3.63) is 70.5 Å². The summed E-state index contributed by atoms with van der Waals surface area (Å²) in [6.07, 6.45) is 0.331. The largest absolute Gasteiger partial charge is 0.491 e. The van der Waals surface area contributed by atoms with Gasteiger partial charge in [-0.15, -0.1) is 16.7 Å². The smallest absolute Gasteiger partial charge is 0.138 e. The Kier molecular flexibility index (Phi) is 8.59. The van der Waals surface area contributed by atoms with E-state index in [2.05, 4.69) is 24.2 Å². The summed E-state index contributed by atoms with van der Waals surface area (Å²) in [5.41, 5.74) is 2.58. The topological polar surface area (TPSA) is 89.6 Å². The number of nitrogens with zero attached hydrogens (tertiary/aromatic N) is 3. The number of hydrogen-bond donors (Lipinski definition) is 2. The van der Waals surface area contributed by atoms with Crippen molar-refractivity contribution in [1.29, 1.82) is 0 Å². The molecule has 3 aromatic rings. The van der Waals surface area contributed by atoms with Crippen molar-refractivity contribution in [2.45, 2.75) is 44.9 Å². The van der Waals surface area contributed by atoms with Crippen LogP contribution in [0.2, 0.25) is 5.02 Å². The Morgan fingerprint density at radius 3 is 2.27 bits per heavy atom. The van der Waals surface area contributed by atoms with Gasteiger partial charge in [-0.05, 0) is 42.3 Å². The highest BCUT2D eigenvalue weighted by Gasteiger charge is 2.24. The lowest BCUT2D eigenvalue weighted by molar-refractivity contribution is 0.0888. The molecule has 1 aromatic heterocycles. The van der Waals surface area contributed by atoms with Crippen LogP contribution in [0.4, 0.5) is 0 Å². The fourth-order valence-corrected chi connectivity index (χ4v) is 3.64. The van der Waals surface area contributed by atoms with Crippen molar-refractivity contribution in [2.75, 3.05) is 19.1 Å². The molecule has 9 heteroatoms. The normalized spacial score (nSPS) is 13.5. The Labute approximate surface area is 203 Å². The molecule has 178 valence electrons. The van der Waals surface area contributed by atoms with Crippen LogP contribution in [0.3, 0.4) is 0 Å². The lowest BCUT2D eigenvalue weighted by Crippen LogP contribution is -2.24. The molecule has 0 spiro atoms.